The molecule has 0 radical (unpaired) electrons. The van der Waals surface area contributed by atoms with Crippen LogP contribution < -0.4 is 5.32 Å². The molecule has 1 aromatic heterocycles. The Morgan fingerprint density at radius 3 is 2.89 bits per heavy atom. The van der Waals surface area contributed by atoms with Crippen molar-refractivity contribution in [3.05, 3.63) is 47.3 Å². The van der Waals surface area contributed by atoms with Gasteiger partial charge in [-0.2, -0.15) is 5.26 Å². The standard InChI is InChI=1S/C13H10N2O2S2/c14-8-10-3-1-4-11(7-10)15-12(16)9-19(17)13-5-2-6-18-13/h1-7H,9H2,(H,15,16). The van der Waals surface area contributed by atoms with Crippen LogP contribution in [0.15, 0.2) is 46.0 Å². The Hall–Kier alpha value is -1.97. The highest BCUT2D eigenvalue weighted by Gasteiger charge is 2.11. The summed E-state index contributed by atoms with van der Waals surface area (Å²) in [6.45, 7) is 0. The van der Waals surface area contributed by atoms with E-state index in [1.807, 2.05) is 11.4 Å². The van der Waals surface area contributed by atoms with Crippen molar-refractivity contribution < 1.29 is 9.00 Å². The van der Waals surface area contributed by atoms with Gasteiger partial charge in [0.1, 0.15) is 5.75 Å². The normalized spacial score (nSPS) is 11.5. The summed E-state index contributed by atoms with van der Waals surface area (Å²) in [5, 5.41) is 13.2. The van der Waals surface area contributed by atoms with Crippen molar-refractivity contribution in [1.82, 2.24) is 0 Å². The van der Waals surface area contributed by atoms with E-state index in [9.17, 15) is 9.00 Å². The molecule has 96 valence electrons. The number of nitrogens with zero attached hydrogens (tertiary/aromatic N) is 1. The molecule has 1 N–H and O–H groups in total. The monoisotopic (exact) mass is 290 g/mol. The number of thiophene rings is 1. The highest BCUT2D eigenvalue weighted by Crippen LogP contribution is 2.15. The molecule has 0 bridgehead atoms. The fraction of sp³-hybridized carbons (Fsp3) is 0.0769. The van der Waals surface area contributed by atoms with E-state index in [2.05, 4.69) is 5.32 Å². The molecule has 19 heavy (non-hydrogen) atoms. The average Bonchev–Trinajstić information content (AvgIpc) is 2.92. The summed E-state index contributed by atoms with van der Waals surface area (Å²) in [4.78, 5) is 11.7. The van der Waals surface area contributed by atoms with Gasteiger partial charge in [-0.1, -0.05) is 12.1 Å². The number of anilines is 1. The van der Waals surface area contributed by atoms with Gasteiger partial charge in [0.25, 0.3) is 0 Å². The Morgan fingerprint density at radius 1 is 1.37 bits per heavy atom. The van der Waals surface area contributed by atoms with Crippen LogP contribution in [-0.2, 0) is 15.6 Å². The quantitative estimate of drug-likeness (QED) is 0.939. The van der Waals surface area contributed by atoms with Gasteiger partial charge in [0.05, 0.1) is 26.6 Å². The lowest BCUT2D eigenvalue weighted by Gasteiger charge is -2.04. The van der Waals surface area contributed by atoms with Gasteiger partial charge in [0.15, 0.2) is 0 Å². The van der Waals surface area contributed by atoms with Crippen molar-refractivity contribution in [3.63, 3.8) is 0 Å². The zero-order valence-electron chi connectivity index (χ0n) is 9.83. The van der Waals surface area contributed by atoms with Crippen molar-refractivity contribution >= 4 is 33.7 Å². The number of carbonyl (C=O) groups is 1. The Balaban J connectivity index is 1.98. The topological polar surface area (TPSA) is 70.0 Å². The van der Waals surface area contributed by atoms with Gasteiger partial charge >= 0.3 is 0 Å². The number of rotatable bonds is 4. The van der Waals surface area contributed by atoms with Crippen LogP contribution in [0.3, 0.4) is 0 Å². The highest BCUT2D eigenvalue weighted by molar-refractivity contribution is 7.88. The first-order valence-electron chi connectivity index (χ1n) is 5.41. The molecular weight excluding hydrogens is 280 g/mol. The summed E-state index contributed by atoms with van der Waals surface area (Å²) in [5.74, 6) is -0.418. The van der Waals surface area contributed by atoms with Crippen LogP contribution in [-0.4, -0.2) is 15.9 Å². The summed E-state index contributed by atoms with van der Waals surface area (Å²) < 4.78 is 12.5. The zero-order chi connectivity index (χ0) is 13.7. The van der Waals surface area contributed by atoms with E-state index in [0.29, 0.717) is 15.5 Å². The van der Waals surface area contributed by atoms with Gasteiger partial charge in [0, 0.05) is 5.69 Å². The third kappa shape index (κ3) is 3.74. The van der Waals surface area contributed by atoms with Gasteiger partial charge in [-0.05, 0) is 29.6 Å². The molecule has 2 aromatic rings. The van der Waals surface area contributed by atoms with Gasteiger partial charge in [-0.3, -0.25) is 9.00 Å². The lowest BCUT2D eigenvalue weighted by molar-refractivity contribution is -0.113. The van der Waals surface area contributed by atoms with Crippen LogP contribution in [0, 0.1) is 11.3 Å². The molecule has 4 nitrogen and oxygen atoms in total. The van der Waals surface area contributed by atoms with Crippen LogP contribution in [0.2, 0.25) is 0 Å². The van der Waals surface area contributed by atoms with Gasteiger partial charge < -0.3 is 5.32 Å². The van der Waals surface area contributed by atoms with E-state index in [4.69, 9.17) is 5.26 Å². The molecule has 0 saturated heterocycles. The number of hydrogen-bond donors (Lipinski definition) is 1. The minimum atomic E-state index is -1.32. The molecule has 0 aliphatic heterocycles. The van der Waals surface area contributed by atoms with E-state index in [1.54, 1.807) is 36.4 Å². The van der Waals surface area contributed by atoms with Gasteiger partial charge in [-0.25, -0.2) is 0 Å². The zero-order valence-corrected chi connectivity index (χ0v) is 11.5. The van der Waals surface area contributed by atoms with Crippen LogP contribution in [0.1, 0.15) is 5.56 Å². The van der Waals surface area contributed by atoms with Gasteiger partial charge in [-0.15, -0.1) is 11.3 Å². The summed E-state index contributed by atoms with van der Waals surface area (Å²) in [7, 11) is -1.32. The van der Waals surface area contributed by atoms with Crippen molar-refractivity contribution in [2.24, 2.45) is 0 Å². The number of amides is 1. The molecule has 0 fully saturated rings. The number of benzene rings is 1. The molecule has 0 spiro atoms. The second kappa shape index (κ2) is 6.27. The van der Waals surface area contributed by atoms with E-state index in [0.717, 1.165) is 0 Å². The van der Waals surface area contributed by atoms with E-state index in [-0.39, 0.29) is 11.7 Å². The smallest absolute Gasteiger partial charge is 0.237 e. The van der Waals surface area contributed by atoms with E-state index >= 15 is 0 Å². The van der Waals surface area contributed by atoms with Crippen LogP contribution in [0.25, 0.3) is 0 Å². The molecule has 0 saturated carbocycles. The van der Waals surface area contributed by atoms with E-state index in [1.165, 1.54) is 11.3 Å². The molecule has 2 rings (SSSR count). The molecule has 0 aliphatic carbocycles. The third-order valence-electron chi connectivity index (χ3n) is 2.26. The van der Waals surface area contributed by atoms with Gasteiger partial charge in [0.2, 0.25) is 5.91 Å². The highest BCUT2D eigenvalue weighted by atomic mass is 32.2. The maximum absolute atomic E-state index is 11.8. The molecule has 1 heterocycles. The minimum absolute atomic E-state index is 0.0860. The summed E-state index contributed by atoms with van der Waals surface area (Å²) >= 11 is 1.36. The van der Waals surface area contributed by atoms with Crippen LogP contribution in [0.5, 0.6) is 0 Å². The van der Waals surface area contributed by atoms with Crippen molar-refractivity contribution in [3.8, 4) is 6.07 Å². The molecular formula is C13H10N2O2S2. The maximum atomic E-state index is 11.8. The first-order valence-corrected chi connectivity index (χ1v) is 7.61. The molecule has 1 unspecified atom stereocenters. The predicted molar refractivity (Wildman–Crippen MR) is 75.4 cm³/mol. The molecule has 0 aliphatic rings. The summed E-state index contributed by atoms with van der Waals surface area (Å²) in [6, 6.07) is 12.1. The van der Waals surface area contributed by atoms with Crippen LogP contribution >= 0.6 is 11.3 Å². The Morgan fingerprint density at radius 2 is 2.21 bits per heavy atom. The Kier molecular flexibility index (Phi) is 4.44. The first-order chi connectivity index (χ1) is 9.19. The Labute approximate surface area is 117 Å². The maximum Gasteiger partial charge on any atom is 0.237 e. The number of nitrogens with one attached hydrogen (secondary N) is 1. The lowest BCUT2D eigenvalue weighted by atomic mass is 10.2. The summed E-state index contributed by atoms with van der Waals surface area (Å²) in [5.41, 5.74) is 1.00. The van der Waals surface area contributed by atoms with Crippen molar-refractivity contribution in [1.29, 1.82) is 5.26 Å². The molecule has 1 amide bonds. The van der Waals surface area contributed by atoms with Crippen molar-refractivity contribution in [2.75, 3.05) is 11.1 Å². The van der Waals surface area contributed by atoms with E-state index < -0.39 is 10.8 Å². The molecule has 1 atom stereocenters. The fourth-order valence-electron chi connectivity index (χ4n) is 1.45. The predicted octanol–water partition coefficient (Wildman–Crippen LogP) is 2.37. The largest absolute Gasteiger partial charge is 0.325 e. The van der Waals surface area contributed by atoms with Crippen molar-refractivity contribution in [2.45, 2.75) is 4.21 Å². The SMILES string of the molecule is N#Cc1cccc(NC(=O)CS(=O)c2cccs2)c1. The second-order valence-electron chi connectivity index (χ2n) is 3.66. The Bertz CT molecular complexity index is 645. The lowest BCUT2D eigenvalue weighted by Crippen LogP contribution is -2.19. The first kappa shape index (κ1) is 13.5. The summed E-state index contributed by atoms with van der Waals surface area (Å²) in [6.07, 6.45) is 0. The molecule has 1 aromatic carbocycles. The number of carbonyl (C=O) groups excluding carboxylic acids is 1. The molecule has 6 heteroatoms. The van der Waals surface area contributed by atoms with Crippen LogP contribution in [0.4, 0.5) is 5.69 Å². The fourth-order valence-corrected chi connectivity index (χ4v) is 3.35. The number of nitriles is 1. The second-order valence-corrected chi connectivity index (χ2v) is 6.29. The number of hydrogen-bond acceptors (Lipinski definition) is 4. The minimum Gasteiger partial charge on any atom is -0.325 e. The third-order valence-corrected chi connectivity index (χ3v) is 4.87. The average molecular weight is 290 g/mol.